The molecule has 0 aromatic heterocycles. The van der Waals surface area contributed by atoms with Crippen molar-refractivity contribution in [3.63, 3.8) is 0 Å². The lowest BCUT2D eigenvalue weighted by atomic mass is 10.2. The van der Waals surface area contributed by atoms with Gasteiger partial charge in [-0.25, -0.2) is 0 Å². The van der Waals surface area contributed by atoms with Gasteiger partial charge in [-0.15, -0.1) is 0 Å². The predicted molar refractivity (Wildman–Crippen MR) is 91.8 cm³/mol. The van der Waals surface area contributed by atoms with E-state index in [9.17, 15) is 0 Å². The molecule has 2 saturated heterocycles. The third-order valence-electron chi connectivity index (χ3n) is 5.00. The fourth-order valence-electron chi connectivity index (χ4n) is 3.57. The van der Waals surface area contributed by atoms with E-state index >= 15 is 0 Å². The first-order valence-electron chi connectivity index (χ1n) is 8.49. The van der Waals surface area contributed by atoms with Crippen LogP contribution in [0.3, 0.4) is 0 Å². The van der Waals surface area contributed by atoms with Gasteiger partial charge in [0.15, 0.2) is 0 Å². The number of ether oxygens (including phenoxy) is 3. The Morgan fingerprint density at radius 3 is 2.52 bits per heavy atom. The van der Waals surface area contributed by atoms with Gasteiger partial charge < -0.3 is 19.1 Å². The maximum atomic E-state index is 5.77. The van der Waals surface area contributed by atoms with Crippen LogP contribution in [-0.2, 0) is 4.74 Å². The molecule has 2 aliphatic rings. The molecular weight excluding hydrogens is 292 g/mol. The minimum atomic E-state index is 0.422. The molecule has 1 aromatic rings. The Bertz CT molecular complexity index is 495. The van der Waals surface area contributed by atoms with Crippen LogP contribution < -0.4 is 14.4 Å². The molecule has 0 amide bonds. The Morgan fingerprint density at radius 2 is 1.91 bits per heavy atom. The molecule has 0 saturated carbocycles. The number of methoxy groups -OCH3 is 2. The molecule has 0 N–H and O–H groups in total. The van der Waals surface area contributed by atoms with E-state index in [0.717, 1.165) is 37.7 Å². The van der Waals surface area contributed by atoms with Crippen molar-refractivity contribution in [2.24, 2.45) is 0 Å². The number of hydrogen-bond donors (Lipinski definition) is 0. The zero-order valence-corrected chi connectivity index (χ0v) is 14.5. The van der Waals surface area contributed by atoms with Gasteiger partial charge in [0.1, 0.15) is 11.5 Å². The van der Waals surface area contributed by atoms with Crippen molar-refractivity contribution >= 4 is 5.69 Å². The van der Waals surface area contributed by atoms with Gasteiger partial charge in [0.2, 0.25) is 0 Å². The summed E-state index contributed by atoms with van der Waals surface area (Å²) in [6.07, 6.45) is 4.01. The second kappa shape index (κ2) is 7.41. The predicted octanol–water partition coefficient (Wildman–Crippen LogP) is 2.39. The van der Waals surface area contributed by atoms with Crippen LogP contribution >= 0.6 is 0 Å². The quantitative estimate of drug-likeness (QED) is 0.804. The minimum absolute atomic E-state index is 0.422. The van der Waals surface area contributed by atoms with Crippen LogP contribution in [0.2, 0.25) is 0 Å². The molecule has 23 heavy (non-hydrogen) atoms. The average Bonchev–Trinajstić information content (AvgIpc) is 3.25. The fraction of sp³-hybridized carbons (Fsp3) is 0.667. The normalized spacial score (nSPS) is 24.4. The van der Waals surface area contributed by atoms with Crippen LogP contribution in [0.5, 0.6) is 11.5 Å². The van der Waals surface area contributed by atoms with Crippen molar-refractivity contribution in [1.29, 1.82) is 0 Å². The summed E-state index contributed by atoms with van der Waals surface area (Å²) < 4.78 is 16.5. The van der Waals surface area contributed by atoms with Crippen molar-refractivity contribution in [2.45, 2.75) is 31.4 Å². The first kappa shape index (κ1) is 16.4. The van der Waals surface area contributed by atoms with Crippen LogP contribution in [0, 0.1) is 0 Å². The largest absolute Gasteiger partial charge is 0.497 e. The Morgan fingerprint density at radius 1 is 1.17 bits per heavy atom. The van der Waals surface area contributed by atoms with Gasteiger partial charge in [-0.05, 0) is 26.3 Å². The lowest BCUT2D eigenvalue weighted by molar-refractivity contribution is 0.0708. The molecular formula is C18H28N2O3. The summed E-state index contributed by atoms with van der Waals surface area (Å²) in [5, 5.41) is 0. The molecule has 0 radical (unpaired) electrons. The molecule has 1 aromatic carbocycles. The van der Waals surface area contributed by atoms with Gasteiger partial charge in [0.05, 0.1) is 20.3 Å². The molecule has 0 spiro atoms. The molecule has 2 aliphatic heterocycles. The summed E-state index contributed by atoms with van der Waals surface area (Å²) in [7, 11) is 5.61. The van der Waals surface area contributed by atoms with Crippen LogP contribution in [-0.4, -0.2) is 64.6 Å². The average molecular weight is 320 g/mol. The van der Waals surface area contributed by atoms with E-state index in [-0.39, 0.29) is 0 Å². The maximum absolute atomic E-state index is 5.77. The molecule has 2 fully saturated rings. The third-order valence-corrected chi connectivity index (χ3v) is 5.00. The van der Waals surface area contributed by atoms with Crippen molar-refractivity contribution in [3.8, 4) is 11.5 Å². The monoisotopic (exact) mass is 320 g/mol. The van der Waals surface area contributed by atoms with Crippen molar-refractivity contribution in [3.05, 3.63) is 18.2 Å². The molecule has 5 nitrogen and oxygen atoms in total. The van der Waals surface area contributed by atoms with Crippen LogP contribution in [0.4, 0.5) is 5.69 Å². The molecule has 0 unspecified atom stereocenters. The first-order valence-corrected chi connectivity index (χ1v) is 8.49. The van der Waals surface area contributed by atoms with Gasteiger partial charge in [0, 0.05) is 56.2 Å². The summed E-state index contributed by atoms with van der Waals surface area (Å²) in [4.78, 5) is 4.88. The molecule has 5 heteroatoms. The highest BCUT2D eigenvalue weighted by Crippen LogP contribution is 2.31. The second-order valence-electron chi connectivity index (χ2n) is 6.53. The molecule has 128 valence electrons. The Kier molecular flexibility index (Phi) is 5.28. The Labute approximate surface area is 139 Å². The molecule has 0 aliphatic carbocycles. The van der Waals surface area contributed by atoms with Crippen molar-refractivity contribution < 1.29 is 14.2 Å². The molecule has 2 atom stereocenters. The van der Waals surface area contributed by atoms with Gasteiger partial charge in [-0.2, -0.15) is 0 Å². The number of hydrogen-bond acceptors (Lipinski definition) is 5. The number of rotatable bonds is 6. The number of likely N-dealkylation sites (N-methyl/N-ethyl adjacent to an activating group) is 1. The van der Waals surface area contributed by atoms with Gasteiger partial charge in [0.25, 0.3) is 0 Å². The van der Waals surface area contributed by atoms with Gasteiger partial charge in [-0.3, -0.25) is 4.90 Å². The smallest absolute Gasteiger partial charge is 0.124 e. The molecule has 3 rings (SSSR count). The van der Waals surface area contributed by atoms with E-state index < -0.39 is 0 Å². The van der Waals surface area contributed by atoms with Crippen molar-refractivity contribution in [1.82, 2.24) is 4.90 Å². The van der Waals surface area contributed by atoms with Crippen LogP contribution in [0.15, 0.2) is 18.2 Å². The number of benzene rings is 1. The van der Waals surface area contributed by atoms with E-state index in [1.165, 1.54) is 24.9 Å². The maximum Gasteiger partial charge on any atom is 0.124 e. The van der Waals surface area contributed by atoms with E-state index in [2.05, 4.69) is 29.0 Å². The van der Waals surface area contributed by atoms with Gasteiger partial charge in [-0.1, -0.05) is 0 Å². The first-order chi connectivity index (χ1) is 11.2. The SMILES string of the molecule is COc1cc(OC)cc(N2CC[C@@H](N(C)C[C@H]3CCCO3)C2)c1. The second-order valence-corrected chi connectivity index (χ2v) is 6.53. The summed E-state index contributed by atoms with van der Waals surface area (Å²) >= 11 is 0. The van der Waals surface area contributed by atoms with E-state index in [4.69, 9.17) is 14.2 Å². The van der Waals surface area contributed by atoms with E-state index in [1.807, 2.05) is 6.07 Å². The lowest BCUT2D eigenvalue weighted by Gasteiger charge is -2.27. The van der Waals surface area contributed by atoms with Crippen LogP contribution in [0.25, 0.3) is 0 Å². The fourth-order valence-corrected chi connectivity index (χ4v) is 3.57. The standard InChI is InChI=1S/C18H28N2O3/c1-19(13-16-5-4-8-23-16)14-6-7-20(12-14)15-9-17(21-2)11-18(10-15)22-3/h9-11,14,16H,4-8,12-13H2,1-3H3/t14-,16-/m1/s1. The molecule has 0 bridgehead atoms. The summed E-state index contributed by atoms with van der Waals surface area (Å²) in [5.74, 6) is 1.69. The Hall–Kier alpha value is -1.46. The minimum Gasteiger partial charge on any atom is -0.497 e. The third kappa shape index (κ3) is 3.90. The highest BCUT2D eigenvalue weighted by Gasteiger charge is 2.28. The van der Waals surface area contributed by atoms with Crippen LogP contribution in [0.1, 0.15) is 19.3 Å². The lowest BCUT2D eigenvalue weighted by Crippen LogP contribution is -2.39. The zero-order valence-electron chi connectivity index (χ0n) is 14.5. The molecule has 2 heterocycles. The highest BCUT2D eigenvalue weighted by molar-refractivity contribution is 5.56. The summed E-state index contributed by atoms with van der Waals surface area (Å²) in [6.45, 7) is 4.08. The van der Waals surface area contributed by atoms with E-state index in [0.29, 0.717) is 12.1 Å². The topological polar surface area (TPSA) is 34.2 Å². The Balaban J connectivity index is 1.62. The number of nitrogens with zero attached hydrogens (tertiary/aromatic N) is 2. The highest BCUT2D eigenvalue weighted by atomic mass is 16.5. The van der Waals surface area contributed by atoms with Crippen molar-refractivity contribution in [2.75, 3.05) is 52.4 Å². The number of anilines is 1. The summed E-state index contributed by atoms with van der Waals surface area (Å²) in [6, 6.07) is 6.67. The van der Waals surface area contributed by atoms with E-state index in [1.54, 1.807) is 14.2 Å². The summed E-state index contributed by atoms with van der Waals surface area (Å²) in [5.41, 5.74) is 1.18. The van der Waals surface area contributed by atoms with Gasteiger partial charge >= 0.3 is 0 Å². The zero-order chi connectivity index (χ0) is 16.2.